The zero-order chi connectivity index (χ0) is 23.4. The molecule has 0 bridgehead atoms. The molecule has 4 aromatic rings. The van der Waals surface area contributed by atoms with Crippen LogP contribution in [0.1, 0.15) is 5.56 Å². The molecule has 2 heterocycles. The Morgan fingerprint density at radius 1 is 1.00 bits per heavy atom. The van der Waals surface area contributed by atoms with Gasteiger partial charge in [0.05, 0.1) is 12.0 Å². The lowest BCUT2D eigenvalue weighted by molar-refractivity contribution is 0.374. The average molecular weight is 459 g/mol. The Kier molecular flexibility index (Phi) is 5.93. The predicted molar refractivity (Wildman–Crippen MR) is 122 cm³/mol. The minimum Gasteiger partial charge on any atom is -0.493 e. The summed E-state index contributed by atoms with van der Waals surface area (Å²) in [5.74, 6) is 0.498. The number of nitrogens with zero attached hydrogens (tertiary/aromatic N) is 3. The van der Waals surface area contributed by atoms with E-state index in [2.05, 4.69) is 4.98 Å². The fourth-order valence-electron chi connectivity index (χ4n) is 3.12. The fraction of sp³-hybridized carbons (Fsp3) is 0.0417. The van der Waals surface area contributed by atoms with Crippen molar-refractivity contribution in [2.75, 3.05) is 7.11 Å². The first-order valence-corrected chi connectivity index (χ1v) is 11.2. The number of para-hydroxylation sites is 2. The average Bonchev–Trinajstić information content (AvgIpc) is 2.84. The third-order valence-corrected chi connectivity index (χ3v) is 6.42. The monoisotopic (exact) mass is 459 g/mol. The highest BCUT2D eigenvalue weighted by molar-refractivity contribution is 7.95. The molecule has 0 radical (unpaired) electrons. The first-order chi connectivity index (χ1) is 16.0. The van der Waals surface area contributed by atoms with E-state index >= 15 is 0 Å². The summed E-state index contributed by atoms with van der Waals surface area (Å²) in [5.41, 5.74) is -0.504. The number of ether oxygens (including phenoxy) is 2. The summed E-state index contributed by atoms with van der Waals surface area (Å²) in [7, 11) is -2.71. The van der Waals surface area contributed by atoms with E-state index in [0.717, 1.165) is 6.08 Å². The number of hydrogen-bond acceptors (Lipinski definition) is 7. The Balaban J connectivity index is 1.96. The number of benzene rings is 2. The van der Waals surface area contributed by atoms with Gasteiger partial charge in [0.15, 0.2) is 11.5 Å². The Labute approximate surface area is 189 Å². The van der Waals surface area contributed by atoms with Gasteiger partial charge < -0.3 is 9.47 Å². The molecule has 0 saturated heterocycles. The van der Waals surface area contributed by atoms with E-state index in [9.17, 15) is 18.5 Å². The molecule has 8 nitrogen and oxygen atoms in total. The SMILES string of the molecule is COc1ccccc1Oc1nc2ccccn2c(=O)c1/C=C(\C#N)S(=O)(=O)c1ccccc1. The van der Waals surface area contributed by atoms with Gasteiger partial charge in [-0.15, -0.1) is 0 Å². The van der Waals surface area contributed by atoms with Crippen LogP contribution in [0.15, 0.2) is 93.6 Å². The largest absolute Gasteiger partial charge is 0.493 e. The molecule has 0 atom stereocenters. The van der Waals surface area contributed by atoms with E-state index in [4.69, 9.17) is 9.47 Å². The van der Waals surface area contributed by atoms with Gasteiger partial charge in [0, 0.05) is 6.20 Å². The van der Waals surface area contributed by atoms with Crippen LogP contribution < -0.4 is 15.0 Å². The Morgan fingerprint density at radius 2 is 1.67 bits per heavy atom. The Hall–Kier alpha value is -4.42. The van der Waals surface area contributed by atoms with Crippen LogP contribution in [0.25, 0.3) is 11.7 Å². The quantitative estimate of drug-likeness (QED) is 0.403. The van der Waals surface area contributed by atoms with Crippen LogP contribution in [0, 0.1) is 11.3 Å². The van der Waals surface area contributed by atoms with Crippen LogP contribution in [0.2, 0.25) is 0 Å². The first kappa shape index (κ1) is 21.8. The zero-order valence-electron chi connectivity index (χ0n) is 17.4. The lowest BCUT2D eigenvalue weighted by Gasteiger charge is -2.12. The molecule has 0 spiro atoms. The number of aromatic nitrogens is 2. The highest BCUT2D eigenvalue weighted by Gasteiger charge is 2.23. The number of sulfone groups is 1. The van der Waals surface area contributed by atoms with Crippen LogP contribution >= 0.6 is 0 Å². The van der Waals surface area contributed by atoms with E-state index in [1.807, 2.05) is 0 Å². The van der Waals surface area contributed by atoms with Crippen molar-refractivity contribution < 1.29 is 17.9 Å². The number of pyridine rings is 1. The maximum Gasteiger partial charge on any atom is 0.269 e. The van der Waals surface area contributed by atoms with Crippen LogP contribution in [0.3, 0.4) is 0 Å². The van der Waals surface area contributed by atoms with Crippen molar-refractivity contribution in [1.29, 1.82) is 5.26 Å². The zero-order valence-corrected chi connectivity index (χ0v) is 18.2. The fourth-order valence-corrected chi connectivity index (χ4v) is 4.28. The summed E-state index contributed by atoms with van der Waals surface area (Å²) >= 11 is 0. The molecule has 33 heavy (non-hydrogen) atoms. The molecular weight excluding hydrogens is 442 g/mol. The van der Waals surface area contributed by atoms with Gasteiger partial charge in [-0.05, 0) is 42.5 Å². The molecule has 4 rings (SSSR count). The summed E-state index contributed by atoms with van der Waals surface area (Å²) in [5, 5.41) is 9.66. The molecule has 2 aromatic carbocycles. The van der Waals surface area contributed by atoms with E-state index < -0.39 is 20.3 Å². The van der Waals surface area contributed by atoms with E-state index in [1.165, 1.54) is 29.8 Å². The molecule has 0 amide bonds. The number of methoxy groups -OCH3 is 1. The molecule has 0 aliphatic carbocycles. The van der Waals surface area contributed by atoms with Gasteiger partial charge in [0.1, 0.15) is 22.2 Å². The topological polar surface area (TPSA) is 111 Å². The summed E-state index contributed by atoms with van der Waals surface area (Å²) in [4.78, 5) is 17.0. The number of fused-ring (bicyclic) bond motifs is 1. The molecular formula is C24H17N3O5S. The molecule has 2 aromatic heterocycles. The summed E-state index contributed by atoms with van der Waals surface area (Å²) in [6.07, 6.45) is 2.48. The van der Waals surface area contributed by atoms with Gasteiger partial charge in [0.2, 0.25) is 15.7 Å². The van der Waals surface area contributed by atoms with Crippen LogP contribution in [-0.2, 0) is 9.84 Å². The molecule has 0 aliphatic heterocycles. The third kappa shape index (κ3) is 4.20. The summed E-state index contributed by atoms with van der Waals surface area (Å²) < 4.78 is 38.5. The number of allylic oxidation sites excluding steroid dienone is 1. The molecule has 0 saturated carbocycles. The van der Waals surface area contributed by atoms with Gasteiger partial charge in [-0.1, -0.05) is 36.4 Å². The second-order valence-corrected chi connectivity index (χ2v) is 8.67. The van der Waals surface area contributed by atoms with E-state index in [-0.39, 0.29) is 27.7 Å². The molecule has 0 fully saturated rings. The summed E-state index contributed by atoms with van der Waals surface area (Å²) in [6.45, 7) is 0. The Bertz CT molecular complexity index is 1570. The molecule has 0 N–H and O–H groups in total. The van der Waals surface area contributed by atoms with Crippen molar-refractivity contribution in [3.8, 4) is 23.4 Å². The second-order valence-electron chi connectivity index (χ2n) is 6.75. The third-order valence-electron chi connectivity index (χ3n) is 4.74. The predicted octanol–water partition coefficient (Wildman–Crippen LogP) is 3.83. The van der Waals surface area contributed by atoms with Crippen molar-refractivity contribution in [2.45, 2.75) is 4.90 Å². The smallest absolute Gasteiger partial charge is 0.269 e. The highest BCUT2D eigenvalue weighted by Crippen LogP contribution is 2.32. The van der Waals surface area contributed by atoms with Crippen molar-refractivity contribution in [2.24, 2.45) is 0 Å². The molecule has 9 heteroatoms. The lowest BCUT2D eigenvalue weighted by Crippen LogP contribution is -2.19. The van der Waals surface area contributed by atoms with Crippen molar-refractivity contribution >= 4 is 21.6 Å². The van der Waals surface area contributed by atoms with E-state index in [1.54, 1.807) is 66.7 Å². The first-order valence-electron chi connectivity index (χ1n) is 9.70. The molecule has 0 unspecified atom stereocenters. The van der Waals surface area contributed by atoms with Crippen LogP contribution in [0.5, 0.6) is 17.4 Å². The summed E-state index contributed by atoms with van der Waals surface area (Å²) in [6, 6.07) is 20.9. The second kappa shape index (κ2) is 8.98. The van der Waals surface area contributed by atoms with Crippen molar-refractivity contribution in [3.05, 3.63) is 99.8 Å². The standard InChI is InChI=1S/C24H17N3O5S/c1-31-20-11-5-6-12-21(20)32-23-19(24(28)27-14-8-7-13-22(27)26-23)15-18(16-25)33(29,30)17-9-3-2-4-10-17/h2-15H,1H3/b18-15+. The maximum atomic E-state index is 13.3. The number of hydrogen-bond donors (Lipinski definition) is 0. The van der Waals surface area contributed by atoms with Crippen molar-refractivity contribution in [3.63, 3.8) is 0 Å². The van der Waals surface area contributed by atoms with Gasteiger partial charge >= 0.3 is 0 Å². The Morgan fingerprint density at radius 3 is 2.36 bits per heavy atom. The normalized spacial score (nSPS) is 11.7. The highest BCUT2D eigenvalue weighted by atomic mass is 32.2. The minimum atomic E-state index is -4.18. The van der Waals surface area contributed by atoms with Gasteiger partial charge in [-0.2, -0.15) is 10.2 Å². The van der Waals surface area contributed by atoms with Crippen LogP contribution in [0.4, 0.5) is 0 Å². The van der Waals surface area contributed by atoms with Crippen LogP contribution in [-0.4, -0.2) is 24.9 Å². The lowest BCUT2D eigenvalue weighted by atomic mass is 10.2. The molecule has 164 valence electrons. The number of nitriles is 1. The van der Waals surface area contributed by atoms with E-state index in [0.29, 0.717) is 5.75 Å². The van der Waals surface area contributed by atoms with Crippen molar-refractivity contribution in [1.82, 2.24) is 9.38 Å². The maximum absolute atomic E-state index is 13.3. The van der Waals surface area contributed by atoms with Gasteiger partial charge in [-0.3, -0.25) is 9.20 Å². The minimum absolute atomic E-state index is 0.0705. The molecule has 0 aliphatic rings. The van der Waals surface area contributed by atoms with Gasteiger partial charge in [0.25, 0.3) is 5.56 Å². The van der Waals surface area contributed by atoms with Gasteiger partial charge in [-0.25, -0.2) is 8.42 Å². The number of rotatable bonds is 6.